The van der Waals surface area contributed by atoms with E-state index < -0.39 is 6.36 Å². The molecule has 0 aliphatic carbocycles. The molecular formula is C16H11F3N2O. The third-order valence-electron chi connectivity index (χ3n) is 3.13. The molecule has 0 unspecified atom stereocenters. The van der Waals surface area contributed by atoms with E-state index in [1.165, 1.54) is 18.2 Å². The molecular weight excluding hydrogens is 293 g/mol. The fraction of sp³-hybridized carbons (Fsp3) is 0.0625. The van der Waals surface area contributed by atoms with Crippen molar-refractivity contribution >= 4 is 16.7 Å². The Kier molecular flexibility index (Phi) is 3.36. The second-order valence-corrected chi connectivity index (χ2v) is 4.69. The Morgan fingerprint density at radius 3 is 2.50 bits per heavy atom. The summed E-state index contributed by atoms with van der Waals surface area (Å²) in [5.41, 5.74) is 7.72. The zero-order chi connectivity index (χ0) is 15.7. The van der Waals surface area contributed by atoms with Gasteiger partial charge in [-0.2, -0.15) is 0 Å². The molecule has 0 aliphatic rings. The maximum atomic E-state index is 12.3. The summed E-state index contributed by atoms with van der Waals surface area (Å²) in [6.45, 7) is 0. The van der Waals surface area contributed by atoms with E-state index in [2.05, 4.69) is 9.72 Å². The third kappa shape index (κ3) is 2.95. The van der Waals surface area contributed by atoms with Gasteiger partial charge in [0.1, 0.15) is 11.6 Å². The summed E-state index contributed by atoms with van der Waals surface area (Å²) >= 11 is 0. The molecule has 3 aromatic rings. The summed E-state index contributed by atoms with van der Waals surface area (Å²) < 4.78 is 40.8. The molecule has 1 heterocycles. The zero-order valence-corrected chi connectivity index (χ0v) is 11.3. The summed E-state index contributed by atoms with van der Waals surface area (Å²) in [4.78, 5) is 4.27. The van der Waals surface area contributed by atoms with Crippen LogP contribution in [-0.4, -0.2) is 11.3 Å². The normalized spacial score (nSPS) is 11.6. The van der Waals surface area contributed by atoms with Gasteiger partial charge in [-0.3, -0.25) is 0 Å². The van der Waals surface area contributed by atoms with Crippen LogP contribution in [0.5, 0.6) is 5.75 Å². The average molecular weight is 304 g/mol. The fourth-order valence-electron chi connectivity index (χ4n) is 2.22. The number of anilines is 1. The number of nitrogens with two attached hydrogens (primary N) is 1. The maximum absolute atomic E-state index is 12.3. The second kappa shape index (κ2) is 5.22. The first-order valence-electron chi connectivity index (χ1n) is 6.44. The molecule has 3 nitrogen and oxygen atoms in total. The predicted octanol–water partition coefficient (Wildman–Crippen LogP) is 4.38. The Morgan fingerprint density at radius 2 is 1.73 bits per heavy atom. The summed E-state index contributed by atoms with van der Waals surface area (Å²) in [7, 11) is 0. The van der Waals surface area contributed by atoms with E-state index >= 15 is 0 Å². The van der Waals surface area contributed by atoms with Gasteiger partial charge in [-0.15, -0.1) is 13.2 Å². The van der Waals surface area contributed by atoms with E-state index in [1.54, 1.807) is 12.1 Å². The van der Waals surface area contributed by atoms with Gasteiger partial charge in [0, 0.05) is 10.9 Å². The lowest BCUT2D eigenvalue weighted by atomic mass is 10.0. The lowest BCUT2D eigenvalue weighted by molar-refractivity contribution is -0.274. The first-order chi connectivity index (χ1) is 10.4. The minimum atomic E-state index is -4.73. The van der Waals surface area contributed by atoms with Crippen LogP contribution in [0, 0.1) is 0 Å². The van der Waals surface area contributed by atoms with Crippen LogP contribution in [0.4, 0.5) is 19.0 Å². The fourth-order valence-corrected chi connectivity index (χ4v) is 2.22. The number of nitrogens with zero attached hydrogens (tertiary/aromatic N) is 1. The van der Waals surface area contributed by atoms with Crippen LogP contribution < -0.4 is 10.5 Å². The molecule has 0 spiro atoms. The highest BCUT2D eigenvalue weighted by molar-refractivity contribution is 5.88. The van der Waals surface area contributed by atoms with Crippen LogP contribution in [0.25, 0.3) is 22.0 Å². The van der Waals surface area contributed by atoms with Crippen molar-refractivity contribution in [3.8, 4) is 16.9 Å². The van der Waals surface area contributed by atoms with Crippen LogP contribution in [0.3, 0.4) is 0 Å². The van der Waals surface area contributed by atoms with Crippen LogP contribution >= 0.6 is 0 Å². The van der Waals surface area contributed by atoms with Crippen molar-refractivity contribution in [2.24, 2.45) is 0 Å². The summed E-state index contributed by atoms with van der Waals surface area (Å²) in [5, 5.41) is 0.855. The quantitative estimate of drug-likeness (QED) is 0.764. The minimum Gasteiger partial charge on any atom is -0.406 e. The molecule has 112 valence electrons. The number of benzene rings is 2. The number of aromatic nitrogens is 1. The number of nitrogen functional groups attached to an aromatic ring is 1. The van der Waals surface area contributed by atoms with Crippen LogP contribution in [0.15, 0.2) is 54.6 Å². The standard InChI is InChI=1S/C16H11F3N2O/c17-16(18,19)22-12-6-3-5-10(8-12)13-9-11-4-1-2-7-14(11)21-15(13)20/h1-9H,(H2,20,21). The minimum absolute atomic E-state index is 0.253. The first-order valence-corrected chi connectivity index (χ1v) is 6.44. The lowest BCUT2D eigenvalue weighted by Gasteiger charge is -2.11. The number of alkyl halides is 3. The molecule has 0 saturated carbocycles. The van der Waals surface area contributed by atoms with Gasteiger partial charge in [-0.25, -0.2) is 4.98 Å². The van der Waals surface area contributed by atoms with Gasteiger partial charge in [-0.1, -0.05) is 30.3 Å². The number of halogens is 3. The van der Waals surface area contributed by atoms with E-state index in [-0.39, 0.29) is 11.6 Å². The van der Waals surface area contributed by atoms with Crippen molar-refractivity contribution in [1.82, 2.24) is 4.98 Å². The highest BCUT2D eigenvalue weighted by Crippen LogP contribution is 2.32. The number of hydrogen-bond donors (Lipinski definition) is 1. The number of para-hydroxylation sites is 1. The molecule has 0 bridgehead atoms. The van der Waals surface area contributed by atoms with Crippen molar-refractivity contribution in [3.63, 3.8) is 0 Å². The molecule has 3 rings (SSSR count). The number of fused-ring (bicyclic) bond motifs is 1. The number of ether oxygens (including phenoxy) is 1. The second-order valence-electron chi connectivity index (χ2n) is 4.69. The monoisotopic (exact) mass is 304 g/mol. The Balaban J connectivity index is 2.07. The van der Waals surface area contributed by atoms with E-state index in [9.17, 15) is 13.2 Å². The molecule has 0 amide bonds. The summed E-state index contributed by atoms with van der Waals surface area (Å²) in [5.74, 6) is -0.0413. The average Bonchev–Trinajstić information content (AvgIpc) is 2.45. The number of hydrogen-bond acceptors (Lipinski definition) is 3. The highest BCUT2D eigenvalue weighted by atomic mass is 19.4. The Morgan fingerprint density at radius 1 is 0.955 bits per heavy atom. The summed E-state index contributed by atoms with van der Waals surface area (Å²) in [6.07, 6.45) is -4.73. The van der Waals surface area contributed by atoms with Crippen molar-refractivity contribution in [2.75, 3.05) is 5.73 Å². The predicted molar refractivity (Wildman–Crippen MR) is 78.3 cm³/mol. The molecule has 2 N–H and O–H groups in total. The van der Waals surface area contributed by atoms with Crippen molar-refractivity contribution in [3.05, 3.63) is 54.6 Å². The molecule has 2 aromatic carbocycles. The molecule has 22 heavy (non-hydrogen) atoms. The van der Waals surface area contributed by atoms with E-state index in [0.29, 0.717) is 11.1 Å². The molecule has 1 aromatic heterocycles. The van der Waals surface area contributed by atoms with E-state index in [4.69, 9.17) is 5.73 Å². The van der Waals surface area contributed by atoms with Gasteiger partial charge in [0.2, 0.25) is 0 Å². The van der Waals surface area contributed by atoms with Gasteiger partial charge in [-0.05, 0) is 29.8 Å². The zero-order valence-electron chi connectivity index (χ0n) is 11.3. The van der Waals surface area contributed by atoms with E-state index in [0.717, 1.165) is 10.9 Å². The van der Waals surface area contributed by atoms with Crippen LogP contribution in [-0.2, 0) is 0 Å². The van der Waals surface area contributed by atoms with Gasteiger partial charge in [0.15, 0.2) is 0 Å². The topological polar surface area (TPSA) is 48.1 Å². The maximum Gasteiger partial charge on any atom is 0.573 e. The van der Waals surface area contributed by atoms with E-state index in [1.807, 2.05) is 24.3 Å². The van der Waals surface area contributed by atoms with Crippen molar-refractivity contribution in [2.45, 2.75) is 6.36 Å². The molecule has 0 saturated heterocycles. The molecule has 0 radical (unpaired) electrons. The summed E-state index contributed by atoms with van der Waals surface area (Å²) in [6, 6.07) is 14.8. The van der Waals surface area contributed by atoms with Gasteiger partial charge in [0.05, 0.1) is 5.52 Å². The Bertz CT molecular complexity index is 831. The van der Waals surface area contributed by atoms with Crippen molar-refractivity contribution < 1.29 is 17.9 Å². The highest BCUT2D eigenvalue weighted by Gasteiger charge is 2.31. The van der Waals surface area contributed by atoms with Crippen LogP contribution in [0.1, 0.15) is 0 Å². The molecule has 0 aliphatic heterocycles. The SMILES string of the molecule is Nc1nc2ccccc2cc1-c1cccc(OC(F)(F)F)c1. The lowest BCUT2D eigenvalue weighted by Crippen LogP contribution is -2.17. The Labute approximate surface area is 124 Å². The largest absolute Gasteiger partial charge is 0.573 e. The van der Waals surface area contributed by atoms with Gasteiger partial charge in [0.25, 0.3) is 0 Å². The van der Waals surface area contributed by atoms with Gasteiger partial charge < -0.3 is 10.5 Å². The molecule has 0 atom stereocenters. The smallest absolute Gasteiger partial charge is 0.406 e. The number of pyridine rings is 1. The van der Waals surface area contributed by atoms with Crippen LogP contribution in [0.2, 0.25) is 0 Å². The molecule has 6 heteroatoms. The van der Waals surface area contributed by atoms with Crippen molar-refractivity contribution in [1.29, 1.82) is 0 Å². The third-order valence-corrected chi connectivity index (χ3v) is 3.13. The van der Waals surface area contributed by atoms with Gasteiger partial charge >= 0.3 is 6.36 Å². The number of rotatable bonds is 2. The molecule has 0 fully saturated rings. The Hall–Kier alpha value is -2.76. The first kappa shape index (κ1) is 14.2.